The van der Waals surface area contributed by atoms with Crippen LogP contribution in [-0.2, 0) is 4.74 Å². The lowest BCUT2D eigenvalue weighted by molar-refractivity contribution is -0.0380. The van der Waals surface area contributed by atoms with Gasteiger partial charge >= 0.3 is 0 Å². The van der Waals surface area contributed by atoms with Crippen molar-refractivity contribution >= 4 is 11.6 Å². The maximum absolute atomic E-state index is 13.3. The van der Waals surface area contributed by atoms with Crippen LogP contribution in [0, 0.1) is 18.7 Å². The second kappa shape index (κ2) is 6.21. The standard InChI is InChI=1S/C15H20ClFO2/c1-3-19-11-5-10(6-11)7-15(18)12-4-9(2)14(17)8-13(12)16/h4,8,10-11,15,18H,3,5-7H2,1-2H3. The van der Waals surface area contributed by atoms with Gasteiger partial charge in [0.25, 0.3) is 0 Å². The summed E-state index contributed by atoms with van der Waals surface area (Å²) in [5.41, 5.74) is 1.14. The SMILES string of the molecule is CCOC1CC(CC(O)c2cc(C)c(F)cc2Cl)C1. The van der Waals surface area contributed by atoms with Gasteiger partial charge in [0.2, 0.25) is 0 Å². The third kappa shape index (κ3) is 3.47. The summed E-state index contributed by atoms with van der Waals surface area (Å²) in [5, 5.41) is 10.5. The molecule has 19 heavy (non-hydrogen) atoms. The molecule has 0 amide bonds. The summed E-state index contributed by atoms with van der Waals surface area (Å²) in [6, 6.07) is 2.92. The van der Waals surface area contributed by atoms with Gasteiger partial charge in [0.05, 0.1) is 12.2 Å². The number of halogens is 2. The van der Waals surface area contributed by atoms with Gasteiger partial charge in [-0.2, -0.15) is 0 Å². The van der Waals surface area contributed by atoms with Crippen molar-refractivity contribution in [3.8, 4) is 0 Å². The van der Waals surface area contributed by atoms with Crippen molar-refractivity contribution < 1.29 is 14.2 Å². The molecule has 106 valence electrons. The van der Waals surface area contributed by atoms with Gasteiger partial charge in [0.15, 0.2) is 0 Å². The van der Waals surface area contributed by atoms with Gasteiger partial charge in [-0.05, 0) is 62.3 Å². The molecule has 2 nitrogen and oxygen atoms in total. The van der Waals surface area contributed by atoms with Crippen LogP contribution in [0.15, 0.2) is 12.1 Å². The summed E-state index contributed by atoms with van der Waals surface area (Å²) in [7, 11) is 0. The Kier molecular flexibility index (Phi) is 4.82. The van der Waals surface area contributed by atoms with Crippen molar-refractivity contribution in [2.24, 2.45) is 5.92 Å². The van der Waals surface area contributed by atoms with Gasteiger partial charge in [-0.15, -0.1) is 0 Å². The topological polar surface area (TPSA) is 29.5 Å². The predicted octanol–water partition coefficient (Wildman–Crippen LogP) is 4.03. The monoisotopic (exact) mass is 286 g/mol. The largest absolute Gasteiger partial charge is 0.388 e. The minimum Gasteiger partial charge on any atom is -0.388 e. The van der Waals surface area contributed by atoms with Crippen molar-refractivity contribution in [1.82, 2.24) is 0 Å². The van der Waals surface area contributed by atoms with Crippen molar-refractivity contribution in [3.05, 3.63) is 34.1 Å². The van der Waals surface area contributed by atoms with Crippen LogP contribution in [0.3, 0.4) is 0 Å². The number of aliphatic hydroxyl groups is 1. The molecule has 1 fully saturated rings. The highest BCUT2D eigenvalue weighted by molar-refractivity contribution is 6.31. The molecule has 1 atom stereocenters. The third-order valence-corrected chi connectivity index (χ3v) is 4.12. The summed E-state index contributed by atoms with van der Waals surface area (Å²) in [5.74, 6) is 0.133. The fourth-order valence-electron chi connectivity index (χ4n) is 2.62. The van der Waals surface area contributed by atoms with Crippen LogP contribution in [0.25, 0.3) is 0 Å². The number of hydrogen-bond donors (Lipinski definition) is 1. The molecule has 0 spiro atoms. The van der Waals surface area contributed by atoms with E-state index in [4.69, 9.17) is 16.3 Å². The first-order valence-corrected chi connectivity index (χ1v) is 7.14. The van der Waals surface area contributed by atoms with E-state index in [0.29, 0.717) is 34.6 Å². The molecule has 1 unspecified atom stereocenters. The zero-order chi connectivity index (χ0) is 14.0. The Hall–Kier alpha value is -0.640. The molecule has 1 aromatic carbocycles. The molecular formula is C15H20ClFO2. The Labute approximate surface area is 118 Å². The van der Waals surface area contributed by atoms with Gasteiger partial charge in [-0.25, -0.2) is 4.39 Å². The Morgan fingerprint density at radius 2 is 2.16 bits per heavy atom. The van der Waals surface area contributed by atoms with Crippen LogP contribution in [0.4, 0.5) is 4.39 Å². The second-order valence-electron chi connectivity index (χ2n) is 5.29. The number of hydrogen-bond acceptors (Lipinski definition) is 2. The number of aryl methyl sites for hydroxylation is 1. The van der Waals surface area contributed by atoms with Crippen LogP contribution in [0.1, 0.15) is 43.4 Å². The minimum absolute atomic E-state index is 0.302. The summed E-state index contributed by atoms with van der Waals surface area (Å²) < 4.78 is 18.8. The highest BCUT2D eigenvalue weighted by atomic mass is 35.5. The quantitative estimate of drug-likeness (QED) is 0.886. The molecular weight excluding hydrogens is 267 g/mol. The molecule has 1 saturated carbocycles. The Bertz CT molecular complexity index is 444. The van der Waals surface area contributed by atoms with Gasteiger partial charge < -0.3 is 9.84 Å². The van der Waals surface area contributed by atoms with Crippen LogP contribution in [-0.4, -0.2) is 17.8 Å². The van der Waals surface area contributed by atoms with E-state index in [-0.39, 0.29) is 5.82 Å². The highest BCUT2D eigenvalue weighted by Gasteiger charge is 2.31. The molecule has 0 radical (unpaired) electrons. The van der Waals surface area contributed by atoms with E-state index in [9.17, 15) is 9.50 Å². The third-order valence-electron chi connectivity index (χ3n) is 3.79. The maximum atomic E-state index is 13.3. The minimum atomic E-state index is -0.626. The fraction of sp³-hybridized carbons (Fsp3) is 0.600. The van der Waals surface area contributed by atoms with Crippen molar-refractivity contribution in [2.45, 2.75) is 45.3 Å². The maximum Gasteiger partial charge on any atom is 0.127 e. The van der Waals surface area contributed by atoms with E-state index in [0.717, 1.165) is 19.4 Å². The lowest BCUT2D eigenvalue weighted by Gasteiger charge is -2.36. The smallest absolute Gasteiger partial charge is 0.127 e. The Balaban J connectivity index is 1.94. The molecule has 0 aliphatic heterocycles. The van der Waals surface area contributed by atoms with E-state index in [2.05, 4.69) is 0 Å². The molecule has 4 heteroatoms. The van der Waals surface area contributed by atoms with Crippen LogP contribution >= 0.6 is 11.6 Å². The molecule has 1 aliphatic carbocycles. The summed E-state index contributed by atoms with van der Waals surface area (Å²) >= 11 is 5.99. The average Bonchev–Trinajstić information content (AvgIpc) is 2.31. The second-order valence-corrected chi connectivity index (χ2v) is 5.70. The molecule has 0 heterocycles. The number of ether oxygens (including phenoxy) is 1. The molecule has 0 aromatic heterocycles. The Morgan fingerprint density at radius 1 is 1.47 bits per heavy atom. The first-order valence-electron chi connectivity index (χ1n) is 6.76. The summed E-state index contributed by atoms with van der Waals surface area (Å²) in [6.45, 7) is 4.41. The number of aliphatic hydroxyl groups excluding tert-OH is 1. The highest BCUT2D eigenvalue weighted by Crippen LogP contribution is 2.38. The van der Waals surface area contributed by atoms with Gasteiger partial charge in [0.1, 0.15) is 5.82 Å². The first kappa shape index (κ1) is 14.8. The van der Waals surface area contributed by atoms with Crippen LogP contribution < -0.4 is 0 Å². The normalized spacial score (nSPS) is 24.1. The summed E-state index contributed by atoms with van der Waals surface area (Å²) in [4.78, 5) is 0. The van der Waals surface area contributed by atoms with Crippen molar-refractivity contribution in [1.29, 1.82) is 0 Å². The predicted molar refractivity (Wildman–Crippen MR) is 73.9 cm³/mol. The summed E-state index contributed by atoms with van der Waals surface area (Å²) in [6.07, 6.45) is 2.35. The van der Waals surface area contributed by atoms with Gasteiger partial charge in [-0.3, -0.25) is 0 Å². The van der Waals surface area contributed by atoms with E-state index >= 15 is 0 Å². The van der Waals surface area contributed by atoms with Crippen molar-refractivity contribution in [2.75, 3.05) is 6.61 Å². The lowest BCUT2D eigenvalue weighted by atomic mass is 9.78. The molecule has 2 rings (SSSR count). The van der Waals surface area contributed by atoms with Crippen LogP contribution in [0.2, 0.25) is 5.02 Å². The average molecular weight is 287 g/mol. The van der Waals surface area contributed by atoms with Crippen molar-refractivity contribution in [3.63, 3.8) is 0 Å². The molecule has 1 aromatic rings. The zero-order valence-corrected chi connectivity index (χ0v) is 12.1. The van der Waals surface area contributed by atoms with E-state index in [1.807, 2.05) is 6.92 Å². The zero-order valence-electron chi connectivity index (χ0n) is 11.3. The molecule has 0 saturated heterocycles. The van der Waals surface area contributed by atoms with E-state index in [1.54, 1.807) is 13.0 Å². The lowest BCUT2D eigenvalue weighted by Crippen LogP contribution is -2.32. The molecule has 0 bridgehead atoms. The molecule has 1 aliphatic rings. The van der Waals surface area contributed by atoms with Gasteiger partial charge in [0, 0.05) is 11.6 Å². The van der Waals surface area contributed by atoms with Gasteiger partial charge in [-0.1, -0.05) is 11.6 Å². The molecule has 1 N–H and O–H groups in total. The Morgan fingerprint density at radius 3 is 2.79 bits per heavy atom. The number of rotatable bonds is 5. The van der Waals surface area contributed by atoms with Crippen LogP contribution in [0.5, 0.6) is 0 Å². The fourth-order valence-corrected chi connectivity index (χ4v) is 2.89. The van der Waals surface area contributed by atoms with E-state index < -0.39 is 6.10 Å². The van der Waals surface area contributed by atoms with E-state index in [1.165, 1.54) is 6.07 Å². The number of benzene rings is 1. The first-order chi connectivity index (χ1) is 9.01.